The van der Waals surface area contributed by atoms with Crippen LogP contribution >= 0.6 is 0 Å². The predicted molar refractivity (Wildman–Crippen MR) is 83.1 cm³/mol. The highest BCUT2D eigenvalue weighted by Gasteiger charge is 2.26. The summed E-state index contributed by atoms with van der Waals surface area (Å²) in [7, 11) is 0. The van der Waals surface area contributed by atoms with Crippen LogP contribution in [0.5, 0.6) is 0 Å². The fraction of sp³-hybridized carbons (Fsp3) is 0.500. The van der Waals surface area contributed by atoms with Crippen molar-refractivity contribution in [3.63, 3.8) is 0 Å². The number of alkyl carbamates (subject to hydrolysis) is 1. The van der Waals surface area contributed by atoms with Gasteiger partial charge < -0.3 is 20.5 Å². The van der Waals surface area contributed by atoms with Crippen molar-refractivity contribution in [2.45, 2.75) is 45.4 Å². The summed E-state index contributed by atoms with van der Waals surface area (Å²) >= 11 is 0. The zero-order valence-electron chi connectivity index (χ0n) is 13.3. The van der Waals surface area contributed by atoms with E-state index < -0.39 is 23.7 Å². The van der Waals surface area contributed by atoms with Crippen LogP contribution in [0.25, 0.3) is 0 Å². The van der Waals surface area contributed by atoms with Crippen LogP contribution in [0.3, 0.4) is 0 Å². The maximum atomic E-state index is 12.0. The Morgan fingerprint density at radius 3 is 2.41 bits per heavy atom. The van der Waals surface area contributed by atoms with E-state index in [-0.39, 0.29) is 19.6 Å². The second-order valence-electron chi connectivity index (χ2n) is 5.87. The maximum Gasteiger partial charge on any atom is 0.408 e. The summed E-state index contributed by atoms with van der Waals surface area (Å²) in [4.78, 5) is 23.8. The monoisotopic (exact) mass is 308 g/mol. The molecule has 0 aliphatic carbocycles. The normalized spacial score (nSPS) is 12.4. The van der Waals surface area contributed by atoms with Gasteiger partial charge in [-0.2, -0.15) is 0 Å². The zero-order valence-corrected chi connectivity index (χ0v) is 13.3. The van der Waals surface area contributed by atoms with Crippen molar-refractivity contribution >= 4 is 12.1 Å². The summed E-state index contributed by atoms with van der Waals surface area (Å²) in [5.74, 6) is -0.519. The first-order valence-electron chi connectivity index (χ1n) is 7.22. The van der Waals surface area contributed by atoms with Crippen molar-refractivity contribution in [1.29, 1.82) is 0 Å². The van der Waals surface area contributed by atoms with E-state index in [4.69, 9.17) is 15.2 Å². The topological polar surface area (TPSA) is 90.6 Å². The van der Waals surface area contributed by atoms with E-state index >= 15 is 0 Å². The van der Waals surface area contributed by atoms with Crippen LogP contribution in [0, 0.1) is 0 Å². The summed E-state index contributed by atoms with van der Waals surface area (Å²) in [6.07, 6.45) is -0.386. The molecule has 0 spiro atoms. The van der Waals surface area contributed by atoms with Crippen LogP contribution in [-0.2, 0) is 20.9 Å². The highest BCUT2D eigenvalue weighted by molar-refractivity contribution is 5.81. The fourth-order valence-corrected chi connectivity index (χ4v) is 1.70. The lowest BCUT2D eigenvalue weighted by atomic mass is 10.1. The van der Waals surface area contributed by atoms with Crippen molar-refractivity contribution in [3.8, 4) is 0 Å². The number of carbonyl (C=O) groups is 2. The van der Waals surface area contributed by atoms with Gasteiger partial charge in [0, 0.05) is 0 Å². The Morgan fingerprint density at radius 2 is 1.86 bits per heavy atom. The molecule has 1 atom stereocenters. The Balaban J connectivity index is 2.51. The molecule has 1 aromatic rings. The van der Waals surface area contributed by atoms with E-state index in [1.54, 1.807) is 20.8 Å². The Bertz CT molecular complexity index is 483. The Morgan fingerprint density at radius 1 is 1.23 bits per heavy atom. The fourth-order valence-electron chi connectivity index (χ4n) is 1.70. The molecular formula is C16H24N2O4. The molecular weight excluding hydrogens is 284 g/mol. The minimum Gasteiger partial charge on any atom is -0.458 e. The van der Waals surface area contributed by atoms with Crippen LogP contribution in [-0.4, -0.2) is 30.3 Å². The summed E-state index contributed by atoms with van der Waals surface area (Å²) in [6, 6.07) is 8.47. The van der Waals surface area contributed by atoms with Crippen LogP contribution in [0.1, 0.15) is 32.8 Å². The molecule has 22 heavy (non-hydrogen) atoms. The number of esters is 1. The van der Waals surface area contributed by atoms with Gasteiger partial charge in [0.15, 0.2) is 0 Å². The second kappa shape index (κ2) is 8.38. The number of amides is 1. The summed E-state index contributed by atoms with van der Waals surface area (Å²) in [5.41, 5.74) is 5.71. The third-order valence-electron chi connectivity index (χ3n) is 2.65. The van der Waals surface area contributed by atoms with Crippen LogP contribution < -0.4 is 11.1 Å². The number of hydrogen-bond donors (Lipinski definition) is 2. The van der Waals surface area contributed by atoms with Crippen molar-refractivity contribution in [2.75, 3.05) is 6.54 Å². The quantitative estimate of drug-likeness (QED) is 0.784. The van der Waals surface area contributed by atoms with E-state index in [0.29, 0.717) is 0 Å². The molecule has 6 nitrogen and oxygen atoms in total. The van der Waals surface area contributed by atoms with E-state index in [1.165, 1.54) is 0 Å². The molecule has 3 N–H and O–H groups in total. The van der Waals surface area contributed by atoms with Crippen LogP contribution in [0.4, 0.5) is 4.79 Å². The largest absolute Gasteiger partial charge is 0.458 e. The molecule has 0 aliphatic rings. The number of nitrogens with one attached hydrogen (secondary N) is 1. The van der Waals surface area contributed by atoms with Gasteiger partial charge >= 0.3 is 12.1 Å². The summed E-state index contributed by atoms with van der Waals surface area (Å²) in [5, 5.41) is 2.49. The Kier molecular flexibility index (Phi) is 6.85. The number of hydrogen-bond acceptors (Lipinski definition) is 5. The lowest BCUT2D eigenvalue weighted by Gasteiger charge is -2.24. The molecule has 122 valence electrons. The molecule has 1 aromatic carbocycles. The molecule has 0 saturated carbocycles. The molecule has 0 aliphatic heterocycles. The molecule has 6 heteroatoms. The van der Waals surface area contributed by atoms with Crippen LogP contribution in [0.15, 0.2) is 30.3 Å². The van der Waals surface area contributed by atoms with Gasteiger partial charge in [-0.05, 0) is 39.3 Å². The van der Waals surface area contributed by atoms with Gasteiger partial charge in [0.05, 0.1) is 0 Å². The van der Waals surface area contributed by atoms with Crippen molar-refractivity contribution in [1.82, 2.24) is 5.32 Å². The first-order chi connectivity index (χ1) is 10.3. The third kappa shape index (κ3) is 7.08. The number of carbonyl (C=O) groups excluding carboxylic acids is 2. The highest BCUT2D eigenvalue weighted by Crippen LogP contribution is 2.10. The molecule has 0 heterocycles. The predicted octanol–water partition coefficient (Wildman–Crippen LogP) is 1.97. The lowest BCUT2D eigenvalue weighted by Crippen LogP contribution is -2.45. The molecule has 0 aromatic heterocycles. The van der Waals surface area contributed by atoms with Crippen molar-refractivity contribution < 1.29 is 19.1 Å². The molecule has 0 saturated heterocycles. The minimum absolute atomic E-state index is 0.135. The van der Waals surface area contributed by atoms with Gasteiger partial charge in [-0.3, -0.25) is 0 Å². The summed E-state index contributed by atoms with van der Waals surface area (Å²) in [6.45, 7) is 5.67. The lowest BCUT2D eigenvalue weighted by molar-refractivity contribution is -0.157. The van der Waals surface area contributed by atoms with Crippen molar-refractivity contribution in [3.05, 3.63) is 35.9 Å². The Hall–Kier alpha value is -2.08. The zero-order chi connectivity index (χ0) is 16.6. The van der Waals surface area contributed by atoms with Gasteiger partial charge in [-0.25, -0.2) is 9.59 Å². The first-order valence-corrected chi connectivity index (χ1v) is 7.22. The number of rotatable bonds is 6. The molecule has 0 fully saturated rings. The number of benzene rings is 1. The SMILES string of the molecule is CC(C)(C)OC(=O)[C@H](CCN)NC(=O)OCc1ccccc1. The van der Waals surface area contributed by atoms with Crippen LogP contribution in [0.2, 0.25) is 0 Å². The average molecular weight is 308 g/mol. The van der Waals surface area contributed by atoms with E-state index in [9.17, 15) is 9.59 Å². The molecule has 1 rings (SSSR count). The molecule has 0 bridgehead atoms. The molecule has 0 radical (unpaired) electrons. The second-order valence-corrected chi connectivity index (χ2v) is 5.87. The smallest absolute Gasteiger partial charge is 0.408 e. The summed E-state index contributed by atoms with van der Waals surface area (Å²) < 4.78 is 10.3. The number of ether oxygens (including phenoxy) is 2. The van der Waals surface area contributed by atoms with Gasteiger partial charge in [0.1, 0.15) is 18.2 Å². The third-order valence-corrected chi connectivity index (χ3v) is 2.65. The first kappa shape index (κ1) is 18.0. The average Bonchev–Trinajstić information content (AvgIpc) is 2.44. The molecule has 1 amide bonds. The van der Waals surface area contributed by atoms with E-state index in [1.807, 2.05) is 30.3 Å². The highest BCUT2D eigenvalue weighted by atomic mass is 16.6. The number of nitrogens with two attached hydrogens (primary N) is 1. The van der Waals surface area contributed by atoms with E-state index in [2.05, 4.69) is 5.32 Å². The maximum absolute atomic E-state index is 12.0. The molecule has 0 unspecified atom stereocenters. The van der Waals surface area contributed by atoms with Gasteiger partial charge in [-0.1, -0.05) is 30.3 Å². The van der Waals surface area contributed by atoms with Gasteiger partial charge in [0.2, 0.25) is 0 Å². The van der Waals surface area contributed by atoms with Gasteiger partial charge in [-0.15, -0.1) is 0 Å². The minimum atomic E-state index is -0.813. The standard InChI is InChI=1S/C16H24N2O4/c1-16(2,3)22-14(19)13(9-10-17)18-15(20)21-11-12-7-5-4-6-8-12/h4-8,13H,9-11,17H2,1-3H3,(H,18,20)/t13-/m0/s1. The van der Waals surface area contributed by atoms with Crippen molar-refractivity contribution in [2.24, 2.45) is 5.73 Å². The van der Waals surface area contributed by atoms with Gasteiger partial charge in [0.25, 0.3) is 0 Å². The Labute approximate surface area is 131 Å². The van der Waals surface area contributed by atoms with E-state index in [0.717, 1.165) is 5.56 Å².